The number of likely N-dealkylation sites (tertiary alicyclic amines) is 1. The molecule has 5 nitrogen and oxygen atoms in total. The fraction of sp³-hybridized carbons (Fsp3) is 0.600. The highest BCUT2D eigenvalue weighted by Gasteiger charge is 2.27. The first-order valence-electron chi connectivity index (χ1n) is 7.34. The van der Waals surface area contributed by atoms with Crippen molar-refractivity contribution in [2.75, 3.05) is 13.1 Å². The van der Waals surface area contributed by atoms with Crippen LogP contribution in [0.1, 0.15) is 31.1 Å². The number of aliphatic carboxylic acids is 1. The third kappa shape index (κ3) is 5.04. The molecule has 2 atom stereocenters. The molecule has 2 heterocycles. The van der Waals surface area contributed by atoms with Crippen LogP contribution in [0.25, 0.3) is 0 Å². The molecule has 1 fully saturated rings. The third-order valence-electron chi connectivity index (χ3n) is 3.80. The number of urea groups is 1. The van der Waals surface area contributed by atoms with E-state index in [-0.39, 0.29) is 18.5 Å². The summed E-state index contributed by atoms with van der Waals surface area (Å²) in [7, 11) is 0. The van der Waals surface area contributed by atoms with Crippen molar-refractivity contribution in [3.05, 3.63) is 22.4 Å². The summed E-state index contributed by atoms with van der Waals surface area (Å²) in [5.41, 5.74) is 0. The second-order valence-electron chi connectivity index (χ2n) is 5.67. The van der Waals surface area contributed by atoms with Gasteiger partial charge < -0.3 is 15.3 Å². The van der Waals surface area contributed by atoms with Crippen LogP contribution >= 0.6 is 11.3 Å². The number of nitrogens with one attached hydrogen (secondary N) is 1. The monoisotopic (exact) mass is 310 g/mol. The van der Waals surface area contributed by atoms with Crippen molar-refractivity contribution in [2.24, 2.45) is 5.92 Å². The second-order valence-corrected chi connectivity index (χ2v) is 6.70. The minimum absolute atomic E-state index is 0.0307. The Morgan fingerprint density at radius 1 is 1.57 bits per heavy atom. The van der Waals surface area contributed by atoms with Gasteiger partial charge in [0.2, 0.25) is 0 Å². The molecule has 1 aromatic rings. The summed E-state index contributed by atoms with van der Waals surface area (Å²) < 4.78 is 0. The number of carboxylic acid groups (broad SMARTS) is 1. The van der Waals surface area contributed by atoms with Crippen LogP contribution in [0.3, 0.4) is 0 Å². The van der Waals surface area contributed by atoms with Gasteiger partial charge in [-0.25, -0.2) is 4.79 Å². The Bertz CT molecular complexity index is 475. The van der Waals surface area contributed by atoms with Gasteiger partial charge in [0, 0.05) is 36.9 Å². The molecule has 1 aliphatic heterocycles. The Morgan fingerprint density at radius 3 is 3.05 bits per heavy atom. The van der Waals surface area contributed by atoms with E-state index in [0.29, 0.717) is 18.9 Å². The lowest BCUT2D eigenvalue weighted by Crippen LogP contribution is -2.43. The van der Waals surface area contributed by atoms with Crippen LogP contribution in [0.2, 0.25) is 0 Å². The lowest BCUT2D eigenvalue weighted by atomic mass is 10.0. The van der Waals surface area contributed by atoms with Crippen LogP contribution in [-0.2, 0) is 11.2 Å². The number of hydrogen-bond acceptors (Lipinski definition) is 3. The van der Waals surface area contributed by atoms with E-state index in [4.69, 9.17) is 5.11 Å². The maximum atomic E-state index is 12.2. The first kappa shape index (κ1) is 15.8. The zero-order valence-corrected chi connectivity index (χ0v) is 13.1. The molecule has 0 saturated carbocycles. The van der Waals surface area contributed by atoms with Gasteiger partial charge in [0.1, 0.15) is 0 Å². The molecule has 116 valence electrons. The molecule has 2 unspecified atom stereocenters. The number of carbonyl (C=O) groups excluding carboxylic acids is 1. The van der Waals surface area contributed by atoms with Crippen LogP contribution in [0.4, 0.5) is 4.79 Å². The number of thiophene rings is 1. The zero-order valence-electron chi connectivity index (χ0n) is 12.2. The number of carbonyl (C=O) groups is 2. The molecule has 0 bridgehead atoms. The van der Waals surface area contributed by atoms with E-state index < -0.39 is 5.97 Å². The van der Waals surface area contributed by atoms with Gasteiger partial charge in [-0.3, -0.25) is 4.79 Å². The highest BCUT2D eigenvalue weighted by molar-refractivity contribution is 7.09. The average Bonchev–Trinajstić information content (AvgIpc) is 3.06. The van der Waals surface area contributed by atoms with E-state index >= 15 is 0 Å². The number of nitrogens with zero attached hydrogens (tertiary/aromatic N) is 1. The summed E-state index contributed by atoms with van der Waals surface area (Å²) in [5.74, 6) is -0.443. The summed E-state index contributed by atoms with van der Waals surface area (Å²) in [6.45, 7) is 3.41. The van der Waals surface area contributed by atoms with Crippen LogP contribution in [0, 0.1) is 5.92 Å². The molecule has 2 rings (SSSR count). The molecule has 21 heavy (non-hydrogen) atoms. The number of hydrogen-bond donors (Lipinski definition) is 2. The van der Waals surface area contributed by atoms with E-state index in [2.05, 4.69) is 11.4 Å². The quantitative estimate of drug-likeness (QED) is 0.848. The van der Waals surface area contributed by atoms with E-state index in [9.17, 15) is 9.59 Å². The summed E-state index contributed by atoms with van der Waals surface area (Å²) >= 11 is 1.70. The highest BCUT2D eigenvalue weighted by Crippen LogP contribution is 2.21. The molecule has 1 aliphatic rings. The molecule has 2 amide bonds. The molecule has 2 N–H and O–H groups in total. The van der Waals surface area contributed by atoms with Crippen molar-refractivity contribution in [3.63, 3.8) is 0 Å². The second kappa shape index (κ2) is 7.45. The van der Waals surface area contributed by atoms with Crippen LogP contribution in [-0.4, -0.2) is 41.1 Å². The Kier molecular flexibility index (Phi) is 5.61. The van der Waals surface area contributed by atoms with E-state index in [1.54, 1.807) is 16.2 Å². The summed E-state index contributed by atoms with van der Waals surface area (Å²) in [5, 5.41) is 13.8. The van der Waals surface area contributed by atoms with Gasteiger partial charge in [-0.05, 0) is 37.1 Å². The Balaban J connectivity index is 1.72. The zero-order chi connectivity index (χ0) is 15.2. The fourth-order valence-corrected chi connectivity index (χ4v) is 3.50. The number of amides is 2. The van der Waals surface area contributed by atoms with Gasteiger partial charge in [0.25, 0.3) is 0 Å². The minimum atomic E-state index is -0.762. The molecule has 1 aromatic heterocycles. The van der Waals surface area contributed by atoms with Crippen LogP contribution in [0.15, 0.2) is 17.5 Å². The standard InChI is InChI=1S/C15H22N2O3S/c1-11(9-13-3-2-8-21-13)16-15(20)17-7-6-12(10-17)4-5-14(18)19/h2-3,8,11-12H,4-7,9-10H2,1H3,(H,16,20)(H,18,19). The lowest BCUT2D eigenvalue weighted by molar-refractivity contribution is -0.137. The molecular formula is C15H22N2O3S. The third-order valence-corrected chi connectivity index (χ3v) is 4.70. The fourth-order valence-electron chi connectivity index (χ4n) is 2.66. The summed E-state index contributed by atoms with van der Waals surface area (Å²) in [6.07, 6.45) is 2.60. The molecule has 6 heteroatoms. The van der Waals surface area contributed by atoms with Crippen molar-refractivity contribution in [1.29, 1.82) is 0 Å². The molecule has 0 spiro atoms. The maximum absolute atomic E-state index is 12.2. The van der Waals surface area contributed by atoms with E-state index in [1.807, 2.05) is 18.4 Å². The van der Waals surface area contributed by atoms with Crippen molar-refractivity contribution >= 4 is 23.3 Å². The molecule has 1 saturated heterocycles. The Morgan fingerprint density at radius 2 is 2.38 bits per heavy atom. The topological polar surface area (TPSA) is 69.6 Å². The predicted molar refractivity (Wildman–Crippen MR) is 82.6 cm³/mol. The van der Waals surface area contributed by atoms with Gasteiger partial charge in [-0.2, -0.15) is 0 Å². The number of carboxylic acids is 1. The van der Waals surface area contributed by atoms with E-state index in [1.165, 1.54) is 4.88 Å². The van der Waals surface area contributed by atoms with Gasteiger partial charge in [0.15, 0.2) is 0 Å². The van der Waals surface area contributed by atoms with Crippen LogP contribution < -0.4 is 5.32 Å². The first-order chi connectivity index (χ1) is 10.0. The summed E-state index contributed by atoms with van der Waals surface area (Å²) in [6, 6.07) is 4.17. The van der Waals surface area contributed by atoms with Gasteiger partial charge in [-0.1, -0.05) is 6.07 Å². The maximum Gasteiger partial charge on any atom is 0.317 e. The normalized spacial score (nSPS) is 19.5. The average molecular weight is 310 g/mol. The number of rotatable bonds is 6. The van der Waals surface area contributed by atoms with Crippen molar-refractivity contribution in [3.8, 4) is 0 Å². The lowest BCUT2D eigenvalue weighted by Gasteiger charge is -2.20. The van der Waals surface area contributed by atoms with E-state index in [0.717, 1.165) is 19.4 Å². The summed E-state index contributed by atoms with van der Waals surface area (Å²) in [4.78, 5) is 25.8. The van der Waals surface area contributed by atoms with Crippen molar-refractivity contribution in [1.82, 2.24) is 10.2 Å². The largest absolute Gasteiger partial charge is 0.481 e. The molecule has 0 aromatic carbocycles. The molecular weight excluding hydrogens is 288 g/mol. The highest BCUT2D eigenvalue weighted by atomic mass is 32.1. The first-order valence-corrected chi connectivity index (χ1v) is 8.22. The van der Waals surface area contributed by atoms with Crippen molar-refractivity contribution in [2.45, 2.75) is 38.6 Å². The smallest absolute Gasteiger partial charge is 0.317 e. The van der Waals surface area contributed by atoms with Crippen molar-refractivity contribution < 1.29 is 14.7 Å². The predicted octanol–water partition coefficient (Wildman–Crippen LogP) is 2.58. The molecule has 0 aliphatic carbocycles. The Hall–Kier alpha value is -1.56. The van der Waals surface area contributed by atoms with Crippen LogP contribution in [0.5, 0.6) is 0 Å². The molecule has 0 radical (unpaired) electrons. The minimum Gasteiger partial charge on any atom is -0.481 e. The Labute approximate surface area is 129 Å². The van der Waals surface area contributed by atoms with Gasteiger partial charge in [0.05, 0.1) is 0 Å². The van der Waals surface area contributed by atoms with Gasteiger partial charge >= 0.3 is 12.0 Å². The van der Waals surface area contributed by atoms with Gasteiger partial charge in [-0.15, -0.1) is 11.3 Å². The SMILES string of the molecule is CC(Cc1cccs1)NC(=O)N1CCC(CCC(=O)O)C1.